The maximum absolute atomic E-state index is 11.8. The van der Waals surface area contributed by atoms with Crippen molar-refractivity contribution in [1.82, 2.24) is 0 Å². The molecule has 4 heteroatoms. The van der Waals surface area contributed by atoms with Gasteiger partial charge in [0.15, 0.2) is 0 Å². The molecule has 17 heavy (non-hydrogen) atoms. The molecule has 0 unspecified atom stereocenters. The molecule has 1 aliphatic heterocycles. The second-order valence-electron chi connectivity index (χ2n) is 4.06. The Labute approximate surface area is 98.4 Å². The van der Waals surface area contributed by atoms with E-state index in [4.69, 9.17) is 9.15 Å². The van der Waals surface area contributed by atoms with E-state index in [1.807, 2.05) is 29.2 Å². The number of benzene rings is 1. The third kappa shape index (κ3) is 1.91. The normalized spacial score (nSPS) is 16.4. The lowest BCUT2D eigenvalue weighted by molar-refractivity contribution is 0.120. The molecule has 3 rings (SSSR count). The summed E-state index contributed by atoms with van der Waals surface area (Å²) < 4.78 is 10.6. The lowest BCUT2D eigenvalue weighted by Crippen LogP contribution is -2.36. The van der Waals surface area contributed by atoms with Gasteiger partial charge in [0.25, 0.3) is 0 Å². The summed E-state index contributed by atoms with van der Waals surface area (Å²) in [7, 11) is 0. The second kappa shape index (κ2) is 4.22. The highest BCUT2D eigenvalue weighted by Gasteiger charge is 2.14. The summed E-state index contributed by atoms with van der Waals surface area (Å²) in [6.07, 6.45) is 0. The van der Waals surface area contributed by atoms with Crippen LogP contribution in [0, 0.1) is 0 Å². The van der Waals surface area contributed by atoms with E-state index in [9.17, 15) is 4.79 Å². The van der Waals surface area contributed by atoms with Crippen molar-refractivity contribution in [2.75, 3.05) is 31.2 Å². The van der Waals surface area contributed by atoms with Crippen LogP contribution in [0.2, 0.25) is 0 Å². The van der Waals surface area contributed by atoms with Gasteiger partial charge in [0.2, 0.25) is 5.88 Å². The fourth-order valence-corrected chi connectivity index (χ4v) is 2.06. The molecule has 2 heterocycles. The van der Waals surface area contributed by atoms with Crippen LogP contribution in [0.25, 0.3) is 10.8 Å². The summed E-state index contributed by atoms with van der Waals surface area (Å²) in [5, 5.41) is 1.55. The molecule has 1 saturated heterocycles. The van der Waals surface area contributed by atoms with Gasteiger partial charge in [-0.3, -0.25) is 0 Å². The van der Waals surface area contributed by atoms with E-state index in [1.165, 1.54) is 0 Å². The first-order valence-electron chi connectivity index (χ1n) is 5.70. The number of anilines is 1. The van der Waals surface area contributed by atoms with Crippen LogP contribution in [0.15, 0.2) is 39.5 Å². The van der Waals surface area contributed by atoms with E-state index in [1.54, 1.807) is 6.07 Å². The summed E-state index contributed by atoms with van der Waals surface area (Å²) in [5.41, 5.74) is -0.274. The Morgan fingerprint density at radius 3 is 2.71 bits per heavy atom. The molecule has 0 radical (unpaired) electrons. The topological polar surface area (TPSA) is 42.7 Å². The number of rotatable bonds is 1. The van der Waals surface area contributed by atoms with E-state index in [2.05, 4.69) is 0 Å². The smallest absolute Gasteiger partial charge is 0.345 e. The second-order valence-corrected chi connectivity index (χ2v) is 4.06. The minimum Gasteiger partial charge on any atom is -0.406 e. The molecule has 0 spiro atoms. The molecule has 0 amide bonds. The van der Waals surface area contributed by atoms with Crippen LogP contribution < -0.4 is 10.5 Å². The number of morpholine rings is 1. The van der Waals surface area contributed by atoms with Crippen LogP contribution in [0.4, 0.5) is 5.88 Å². The predicted molar refractivity (Wildman–Crippen MR) is 65.5 cm³/mol. The number of ether oxygens (including phenoxy) is 1. The molecule has 88 valence electrons. The zero-order valence-corrected chi connectivity index (χ0v) is 9.39. The Hall–Kier alpha value is -1.81. The molecule has 1 fully saturated rings. The molecule has 1 aromatic heterocycles. The van der Waals surface area contributed by atoms with Gasteiger partial charge in [0.1, 0.15) is 0 Å². The quantitative estimate of drug-likeness (QED) is 0.748. The van der Waals surface area contributed by atoms with Crippen LogP contribution in [0.1, 0.15) is 0 Å². The van der Waals surface area contributed by atoms with Crippen molar-refractivity contribution in [1.29, 1.82) is 0 Å². The molecule has 0 bridgehead atoms. The molecule has 0 saturated carbocycles. The van der Waals surface area contributed by atoms with Crippen molar-refractivity contribution in [2.45, 2.75) is 0 Å². The fraction of sp³-hybridized carbons (Fsp3) is 0.308. The molecule has 1 aromatic carbocycles. The van der Waals surface area contributed by atoms with Gasteiger partial charge in [0, 0.05) is 19.2 Å². The van der Waals surface area contributed by atoms with E-state index in [-0.39, 0.29) is 5.63 Å². The molecule has 0 atom stereocenters. The summed E-state index contributed by atoms with van der Waals surface area (Å²) in [5.74, 6) is 0.636. The Morgan fingerprint density at radius 1 is 1.12 bits per heavy atom. The van der Waals surface area contributed by atoms with Gasteiger partial charge in [-0.25, -0.2) is 4.79 Å². The molecule has 0 N–H and O–H groups in total. The van der Waals surface area contributed by atoms with Crippen molar-refractivity contribution in [2.24, 2.45) is 0 Å². The lowest BCUT2D eigenvalue weighted by atomic mass is 10.2. The van der Waals surface area contributed by atoms with Crippen molar-refractivity contribution in [3.8, 4) is 0 Å². The molecule has 4 nitrogen and oxygen atoms in total. The number of fused-ring (bicyclic) bond motifs is 1. The summed E-state index contributed by atoms with van der Waals surface area (Å²) in [4.78, 5) is 13.9. The van der Waals surface area contributed by atoms with E-state index >= 15 is 0 Å². The number of nitrogens with zero attached hydrogens (tertiary/aromatic N) is 1. The number of hydrogen-bond acceptors (Lipinski definition) is 4. The van der Waals surface area contributed by atoms with Crippen LogP contribution >= 0.6 is 0 Å². The van der Waals surface area contributed by atoms with Crippen LogP contribution in [0.5, 0.6) is 0 Å². The van der Waals surface area contributed by atoms with E-state index < -0.39 is 0 Å². The highest BCUT2D eigenvalue weighted by atomic mass is 16.5. The zero-order chi connectivity index (χ0) is 11.7. The zero-order valence-electron chi connectivity index (χ0n) is 9.39. The largest absolute Gasteiger partial charge is 0.406 e. The summed E-state index contributed by atoms with van der Waals surface area (Å²) in [6, 6.07) is 9.39. The first kappa shape index (κ1) is 10.4. The summed E-state index contributed by atoms with van der Waals surface area (Å²) in [6.45, 7) is 2.88. The highest BCUT2D eigenvalue weighted by molar-refractivity contribution is 5.82. The maximum atomic E-state index is 11.8. The molecular formula is C13H13NO3. The van der Waals surface area contributed by atoms with Gasteiger partial charge in [0.05, 0.1) is 18.6 Å². The molecular weight excluding hydrogens is 218 g/mol. The first-order chi connectivity index (χ1) is 8.34. The van der Waals surface area contributed by atoms with Crippen molar-refractivity contribution in [3.05, 3.63) is 40.8 Å². The monoisotopic (exact) mass is 231 g/mol. The standard InChI is InChI=1S/C13H13NO3/c15-13-11-4-2-1-3-10(11)9-12(17-13)14-5-7-16-8-6-14/h1-4,9H,5-8H2. The Bertz CT molecular complexity index is 584. The Kier molecular flexibility index (Phi) is 2.57. The van der Waals surface area contributed by atoms with Crippen LogP contribution in [-0.4, -0.2) is 26.3 Å². The van der Waals surface area contributed by atoms with Gasteiger partial charge < -0.3 is 14.1 Å². The SMILES string of the molecule is O=c1oc(N2CCOCC2)cc2ccccc12. The average Bonchev–Trinajstić information content (AvgIpc) is 2.40. The van der Waals surface area contributed by atoms with E-state index in [0.29, 0.717) is 24.5 Å². The third-order valence-corrected chi connectivity index (χ3v) is 2.98. The Balaban J connectivity index is 2.08. The molecule has 1 aliphatic rings. The number of hydrogen-bond donors (Lipinski definition) is 0. The first-order valence-corrected chi connectivity index (χ1v) is 5.70. The van der Waals surface area contributed by atoms with Gasteiger partial charge in [-0.2, -0.15) is 0 Å². The van der Waals surface area contributed by atoms with Gasteiger partial charge in [-0.1, -0.05) is 18.2 Å². The van der Waals surface area contributed by atoms with Gasteiger partial charge in [-0.15, -0.1) is 0 Å². The van der Waals surface area contributed by atoms with Crippen LogP contribution in [0.3, 0.4) is 0 Å². The molecule has 2 aromatic rings. The van der Waals surface area contributed by atoms with Crippen molar-refractivity contribution in [3.63, 3.8) is 0 Å². The average molecular weight is 231 g/mol. The third-order valence-electron chi connectivity index (χ3n) is 2.98. The minimum atomic E-state index is -0.274. The fourth-order valence-electron chi connectivity index (χ4n) is 2.06. The van der Waals surface area contributed by atoms with E-state index in [0.717, 1.165) is 18.5 Å². The Morgan fingerprint density at radius 2 is 1.88 bits per heavy atom. The minimum absolute atomic E-state index is 0.274. The van der Waals surface area contributed by atoms with Crippen molar-refractivity contribution < 1.29 is 9.15 Å². The highest BCUT2D eigenvalue weighted by Crippen LogP contribution is 2.19. The van der Waals surface area contributed by atoms with Gasteiger partial charge >= 0.3 is 5.63 Å². The summed E-state index contributed by atoms with van der Waals surface area (Å²) >= 11 is 0. The maximum Gasteiger partial charge on any atom is 0.345 e. The molecule has 0 aliphatic carbocycles. The predicted octanol–water partition coefficient (Wildman–Crippen LogP) is 1.63. The van der Waals surface area contributed by atoms with Gasteiger partial charge in [-0.05, 0) is 11.5 Å². The van der Waals surface area contributed by atoms with Crippen molar-refractivity contribution >= 4 is 16.7 Å². The van der Waals surface area contributed by atoms with Crippen LogP contribution in [-0.2, 0) is 4.74 Å². The lowest BCUT2D eigenvalue weighted by Gasteiger charge is -2.27.